The van der Waals surface area contributed by atoms with Gasteiger partial charge in [-0.25, -0.2) is 4.98 Å². The average molecular weight is 305 g/mol. The Morgan fingerprint density at radius 1 is 0.957 bits per heavy atom. The van der Waals surface area contributed by atoms with Crippen molar-refractivity contribution in [1.29, 1.82) is 0 Å². The molecule has 1 aliphatic carbocycles. The predicted molar refractivity (Wildman–Crippen MR) is 94.5 cm³/mol. The summed E-state index contributed by atoms with van der Waals surface area (Å²) in [4.78, 5) is 9.15. The Kier molecular flexibility index (Phi) is 3.64. The second-order valence-corrected chi connectivity index (χ2v) is 6.76. The highest BCUT2D eigenvalue weighted by molar-refractivity contribution is 5.86. The van der Waals surface area contributed by atoms with Crippen LogP contribution in [0, 0.1) is 6.92 Å². The topological polar surface area (TPSA) is 30.7 Å². The van der Waals surface area contributed by atoms with E-state index in [-0.39, 0.29) is 0 Å². The minimum atomic E-state index is 0.649. The summed E-state index contributed by atoms with van der Waals surface area (Å²) in [5.74, 6) is 1.69. The van der Waals surface area contributed by atoms with Gasteiger partial charge in [-0.1, -0.05) is 31.4 Å². The fourth-order valence-electron chi connectivity index (χ4n) is 3.71. The maximum absolute atomic E-state index is 4.74. The van der Waals surface area contributed by atoms with E-state index in [0.29, 0.717) is 5.92 Å². The minimum absolute atomic E-state index is 0.649. The first-order valence-electron chi connectivity index (χ1n) is 8.61. The minimum Gasteiger partial charge on any atom is -0.331 e. The Labute approximate surface area is 137 Å². The van der Waals surface area contributed by atoms with E-state index in [1.54, 1.807) is 0 Å². The smallest absolute Gasteiger partial charge is 0.105 e. The third-order valence-corrected chi connectivity index (χ3v) is 5.28. The van der Waals surface area contributed by atoms with Gasteiger partial charge < -0.3 is 4.57 Å². The summed E-state index contributed by atoms with van der Waals surface area (Å²) >= 11 is 0. The van der Waals surface area contributed by atoms with Crippen LogP contribution in [-0.2, 0) is 7.05 Å². The third-order valence-electron chi connectivity index (χ3n) is 5.28. The van der Waals surface area contributed by atoms with E-state index < -0.39 is 0 Å². The van der Waals surface area contributed by atoms with Gasteiger partial charge in [0.2, 0.25) is 0 Å². The lowest BCUT2D eigenvalue weighted by Gasteiger charge is -2.21. The van der Waals surface area contributed by atoms with Crippen LogP contribution in [-0.4, -0.2) is 14.5 Å². The van der Waals surface area contributed by atoms with Crippen LogP contribution >= 0.6 is 0 Å². The Morgan fingerprint density at radius 3 is 2.52 bits per heavy atom. The molecule has 0 unspecified atom stereocenters. The highest BCUT2D eigenvalue weighted by Crippen LogP contribution is 2.33. The molecule has 0 aliphatic heterocycles. The maximum Gasteiger partial charge on any atom is 0.105 e. The van der Waals surface area contributed by atoms with Crippen molar-refractivity contribution in [3.05, 3.63) is 48.2 Å². The molecule has 0 radical (unpaired) electrons. The summed E-state index contributed by atoms with van der Waals surface area (Å²) in [5, 5.41) is 2.50. The van der Waals surface area contributed by atoms with Gasteiger partial charge in [-0.2, -0.15) is 0 Å². The molecule has 118 valence electrons. The number of hydrogen-bond acceptors (Lipinski definition) is 2. The number of benzene rings is 1. The summed E-state index contributed by atoms with van der Waals surface area (Å²) in [5.41, 5.74) is 3.66. The normalized spacial score (nSPS) is 16.1. The molecule has 0 spiro atoms. The molecular weight excluding hydrogens is 282 g/mol. The van der Waals surface area contributed by atoms with Crippen LogP contribution < -0.4 is 0 Å². The van der Waals surface area contributed by atoms with Gasteiger partial charge in [-0.05, 0) is 37.3 Å². The summed E-state index contributed by atoms with van der Waals surface area (Å²) in [6.07, 6.45) is 10.7. The number of nitrogens with zero attached hydrogens (tertiary/aromatic N) is 3. The first-order valence-corrected chi connectivity index (χ1v) is 8.61. The molecule has 0 N–H and O–H groups in total. The fraction of sp³-hybridized carbons (Fsp3) is 0.400. The quantitative estimate of drug-likeness (QED) is 0.667. The second-order valence-electron chi connectivity index (χ2n) is 6.76. The standard InChI is InChI=1S/C20H23N3/c1-14-21-13-20(23(14)2)16-8-9-17-12-22-19(11-18(17)10-16)15-6-4-3-5-7-15/h8-13,15H,3-7H2,1-2H3. The van der Waals surface area contributed by atoms with Crippen LogP contribution in [0.25, 0.3) is 22.0 Å². The first-order chi connectivity index (χ1) is 11.2. The molecule has 1 fully saturated rings. The number of pyridine rings is 1. The molecule has 2 heterocycles. The molecule has 3 nitrogen and oxygen atoms in total. The Hall–Kier alpha value is -2.16. The molecule has 0 atom stereocenters. The zero-order chi connectivity index (χ0) is 15.8. The molecular formula is C20H23N3. The largest absolute Gasteiger partial charge is 0.331 e. The molecule has 0 amide bonds. The Morgan fingerprint density at radius 2 is 1.78 bits per heavy atom. The van der Waals surface area contributed by atoms with Gasteiger partial charge in [0.05, 0.1) is 11.9 Å². The van der Waals surface area contributed by atoms with Crippen molar-refractivity contribution >= 4 is 10.8 Å². The van der Waals surface area contributed by atoms with Gasteiger partial charge >= 0.3 is 0 Å². The summed E-state index contributed by atoms with van der Waals surface area (Å²) in [6.45, 7) is 2.04. The van der Waals surface area contributed by atoms with Crippen molar-refractivity contribution in [3.8, 4) is 11.3 Å². The lowest BCUT2D eigenvalue weighted by Crippen LogP contribution is -2.06. The first kappa shape index (κ1) is 14.4. The van der Waals surface area contributed by atoms with Crippen LogP contribution in [0.1, 0.15) is 49.5 Å². The van der Waals surface area contributed by atoms with E-state index in [1.807, 2.05) is 19.3 Å². The zero-order valence-corrected chi connectivity index (χ0v) is 13.9. The molecule has 3 heteroatoms. The van der Waals surface area contributed by atoms with E-state index in [0.717, 1.165) is 5.82 Å². The molecule has 1 aromatic carbocycles. The second kappa shape index (κ2) is 5.80. The molecule has 23 heavy (non-hydrogen) atoms. The number of imidazole rings is 1. The SMILES string of the molecule is Cc1ncc(-c2ccc3cnc(C4CCCCC4)cc3c2)n1C. The number of fused-ring (bicyclic) bond motifs is 1. The molecule has 3 aromatic rings. The van der Waals surface area contributed by atoms with Crippen molar-refractivity contribution in [1.82, 2.24) is 14.5 Å². The monoisotopic (exact) mass is 305 g/mol. The molecule has 1 saturated carbocycles. The summed E-state index contributed by atoms with van der Waals surface area (Å²) in [6, 6.07) is 8.92. The van der Waals surface area contributed by atoms with Gasteiger partial charge in [0.25, 0.3) is 0 Å². The summed E-state index contributed by atoms with van der Waals surface area (Å²) < 4.78 is 2.14. The lowest BCUT2D eigenvalue weighted by atomic mass is 9.86. The van der Waals surface area contributed by atoms with Crippen LogP contribution in [0.2, 0.25) is 0 Å². The Bertz CT molecular complexity index is 841. The van der Waals surface area contributed by atoms with Gasteiger partial charge in [-0.15, -0.1) is 0 Å². The van der Waals surface area contributed by atoms with E-state index in [2.05, 4.69) is 40.9 Å². The van der Waals surface area contributed by atoms with Crippen molar-refractivity contribution < 1.29 is 0 Å². The molecule has 2 aromatic heterocycles. The Balaban J connectivity index is 1.76. The zero-order valence-electron chi connectivity index (χ0n) is 13.9. The van der Waals surface area contributed by atoms with Crippen LogP contribution in [0.5, 0.6) is 0 Å². The number of hydrogen-bond donors (Lipinski definition) is 0. The van der Waals surface area contributed by atoms with Crippen LogP contribution in [0.3, 0.4) is 0 Å². The summed E-state index contributed by atoms with van der Waals surface area (Å²) in [7, 11) is 2.07. The van der Waals surface area contributed by atoms with Crippen molar-refractivity contribution in [2.24, 2.45) is 7.05 Å². The lowest BCUT2D eigenvalue weighted by molar-refractivity contribution is 0.437. The molecule has 1 aliphatic rings. The average Bonchev–Trinajstić information content (AvgIpc) is 2.94. The predicted octanol–water partition coefficient (Wildman–Crippen LogP) is 4.99. The van der Waals surface area contributed by atoms with E-state index >= 15 is 0 Å². The van der Waals surface area contributed by atoms with Crippen molar-refractivity contribution in [2.75, 3.05) is 0 Å². The number of rotatable bonds is 2. The fourth-order valence-corrected chi connectivity index (χ4v) is 3.71. The van der Waals surface area contributed by atoms with Crippen molar-refractivity contribution in [2.45, 2.75) is 44.9 Å². The number of aromatic nitrogens is 3. The van der Waals surface area contributed by atoms with E-state index in [9.17, 15) is 0 Å². The van der Waals surface area contributed by atoms with Gasteiger partial charge in [-0.3, -0.25) is 4.98 Å². The number of aryl methyl sites for hydroxylation is 1. The van der Waals surface area contributed by atoms with Gasteiger partial charge in [0, 0.05) is 35.8 Å². The highest BCUT2D eigenvalue weighted by atomic mass is 15.0. The molecule has 0 saturated heterocycles. The van der Waals surface area contributed by atoms with E-state index in [4.69, 9.17) is 4.98 Å². The molecule has 4 rings (SSSR count). The van der Waals surface area contributed by atoms with Gasteiger partial charge in [0.1, 0.15) is 5.82 Å². The maximum atomic E-state index is 4.74. The highest BCUT2D eigenvalue weighted by Gasteiger charge is 2.17. The van der Waals surface area contributed by atoms with Crippen LogP contribution in [0.4, 0.5) is 0 Å². The molecule has 0 bridgehead atoms. The van der Waals surface area contributed by atoms with Gasteiger partial charge in [0.15, 0.2) is 0 Å². The third kappa shape index (κ3) is 2.65. The van der Waals surface area contributed by atoms with E-state index in [1.165, 1.54) is 59.8 Å². The van der Waals surface area contributed by atoms with Crippen LogP contribution in [0.15, 0.2) is 36.7 Å². The van der Waals surface area contributed by atoms with Crippen molar-refractivity contribution in [3.63, 3.8) is 0 Å².